The number of hydrogen-bond acceptors (Lipinski definition) is 2. The Kier molecular flexibility index (Phi) is 5.52. The van der Waals surface area contributed by atoms with E-state index in [0.29, 0.717) is 10.9 Å². The van der Waals surface area contributed by atoms with Crippen LogP contribution in [0, 0.1) is 6.92 Å². The summed E-state index contributed by atoms with van der Waals surface area (Å²) in [7, 11) is 0. The maximum atomic E-state index is 5.77. The lowest BCUT2D eigenvalue weighted by atomic mass is 10.0. The van der Waals surface area contributed by atoms with Gasteiger partial charge in [-0.05, 0) is 66.6 Å². The van der Waals surface area contributed by atoms with Crippen molar-refractivity contribution in [3.05, 3.63) is 20.3 Å². The Labute approximate surface area is 124 Å². The molecule has 0 bridgehead atoms. The summed E-state index contributed by atoms with van der Waals surface area (Å²) in [5.74, 6) is 0. The first-order valence-electron chi connectivity index (χ1n) is 6.18. The van der Waals surface area contributed by atoms with Gasteiger partial charge in [0, 0.05) is 16.3 Å². The summed E-state index contributed by atoms with van der Waals surface area (Å²) in [5.41, 5.74) is 1.34. The highest BCUT2D eigenvalue weighted by Crippen LogP contribution is 2.38. The van der Waals surface area contributed by atoms with Crippen LogP contribution in [0.15, 0.2) is 9.85 Å². The number of halogens is 2. The fourth-order valence-electron chi connectivity index (χ4n) is 2.15. The first-order valence-corrected chi connectivity index (χ1v) is 8.71. The van der Waals surface area contributed by atoms with E-state index in [1.54, 1.807) is 0 Å². The quantitative estimate of drug-likeness (QED) is 0.616. The zero-order valence-corrected chi connectivity index (χ0v) is 14.0. The molecule has 1 saturated heterocycles. The molecule has 1 aliphatic heterocycles. The van der Waals surface area contributed by atoms with Crippen molar-refractivity contribution in [2.24, 2.45) is 0 Å². The summed E-state index contributed by atoms with van der Waals surface area (Å²) in [4.78, 5) is 1.90. The molecule has 2 atom stereocenters. The fraction of sp³-hybridized carbons (Fsp3) is 0.692. The molecule has 1 aromatic rings. The van der Waals surface area contributed by atoms with Gasteiger partial charge in [-0.3, -0.25) is 0 Å². The molecule has 2 unspecified atom stereocenters. The molecular formula is C13H18Br2OS. The number of rotatable bonds is 4. The molecule has 1 nitrogen and oxygen atoms in total. The third-order valence-electron chi connectivity index (χ3n) is 3.20. The summed E-state index contributed by atoms with van der Waals surface area (Å²) < 4.78 is 7.02. The Hall–Kier alpha value is 0.620. The summed E-state index contributed by atoms with van der Waals surface area (Å²) in [6, 6.07) is 2.27. The van der Waals surface area contributed by atoms with Crippen LogP contribution in [0.4, 0.5) is 0 Å². The molecule has 0 spiro atoms. The molecule has 96 valence electrons. The molecular weight excluding hydrogens is 364 g/mol. The molecule has 0 amide bonds. The molecule has 0 N–H and O–H groups in total. The highest BCUT2D eigenvalue weighted by molar-refractivity contribution is 9.11. The lowest BCUT2D eigenvalue weighted by Gasteiger charge is -2.23. The Bertz CT molecular complexity index is 339. The molecule has 0 aromatic carbocycles. The zero-order valence-electron chi connectivity index (χ0n) is 10.0. The van der Waals surface area contributed by atoms with Crippen LogP contribution >= 0.6 is 43.2 Å². The van der Waals surface area contributed by atoms with Gasteiger partial charge in [0.25, 0.3) is 0 Å². The van der Waals surface area contributed by atoms with Crippen molar-refractivity contribution in [3.63, 3.8) is 0 Å². The fourth-order valence-corrected chi connectivity index (χ4v) is 4.41. The van der Waals surface area contributed by atoms with Crippen molar-refractivity contribution < 1.29 is 4.74 Å². The number of alkyl halides is 1. The molecule has 2 rings (SSSR count). The third kappa shape index (κ3) is 4.05. The van der Waals surface area contributed by atoms with E-state index in [4.69, 9.17) is 4.74 Å². The van der Waals surface area contributed by atoms with Gasteiger partial charge in [0.1, 0.15) is 0 Å². The second-order valence-electron chi connectivity index (χ2n) is 4.64. The van der Waals surface area contributed by atoms with Crippen molar-refractivity contribution in [2.75, 3.05) is 6.61 Å². The van der Waals surface area contributed by atoms with Crippen LogP contribution in [0.5, 0.6) is 0 Å². The standard InChI is InChI=1S/C13H18Br2OS/c1-9-8-12(17-13(9)15)11(14)6-5-10-4-2-3-7-16-10/h8,10-11H,2-7H2,1H3. The molecule has 0 radical (unpaired) electrons. The van der Waals surface area contributed by atoms with E-state index in [1.807, 2.05) is 11.3 Å². The summed E-state index contributed by atoms with van der Waals surface area (Å²) in [6.07, 6.45) is 6.65. The molecule has 17 heavy (non-hydrogen) atoms. The van der Waals surface area contributed by atoms with Gasteiger partial charge in [0.05, 0.1) is 9.89 Å². The van der Waals surface area contributed by atoms with E-state index in [2.05, 4.69) is 44.8 Å². The van der Waals surface area contributed by atoms with Gasteiger partial charge in [-0.2, -0.15) is 0 Å². The van der Waals surface area contributed by atoms with Crippen LogP contribution in [-0.2, 0) is 4.74 Å². The molecule has 1 fully saturated rings. The van der Waals surface area contributed by atoms with Crippen LogP contribution in [0.3, 0.4) is 0 Å². The van der Waals surface area contributed by atoms with Crippen LogP contribution in [0.25, 0.3) is 0 Å². The second-order valence-corrected chi connectivity index (χ2v) is 8.15. The van der Waals surface area contributed by atoms with Gasteiger partial charge < -0.3 is 4.74 Å². The highest BCUT2D eigenvalue weighted by Gasteiger charge is 2.17. The van der Waals surface area contributed by atoms with Gasteiger partial charge in [0.15, 0.2) is 0 Å². The van der Waals surface area contributed by atoms with Gasteiger partial charge in [-0.15, -0.1) is 11.3 Å². The Morgan fingerprint density at radius 3 is 2.94 bits per heavy atom. The normalized spacial score (nSPS) is 22.6. The largest absolute Gasteiger partial charge is 0.378 e. The van der Waals surface area contributed by atoms with E-state index >= 15 is 0 Å². The van der Waals surface area contributed by atoms with E-state index in [9.17, 15) is 0 Å². The first kappa shape index (κ1) is 14.0. The molecule has 0 saturated carbocycles. The first-order chi connectivity index (χ1) is 8.16. The van der Waals surface area contributed by atoms with E-state index in [0.717, 1.165) is 13.0 Å². The van der Waals surface area contributed by atoms with E-state index in [-0.39, 0.29) is 0 Å². The Morgan fingerprint density at radius 1 is 1.53 bits per heavy atom. The minimum absolute atomic E-state index is 0.475. The van der Waals surface area contributed by atoms with Crippen molar-refractivity contribution in [1.29, 1.82) is 0 Å². The summed E-state index contributed by atoms with van der Waals surface area (Å²) in [5, 5.41) is 0. The van der Waals surface area contributed by atoms with Crippen LogP contribution < -0.4 is 0 Å². The summed E-state index contributed by atoms with van der Waals surface area (Å²) in [6.45, 7) is 3.11. The lowest BCUT2D eigenvalue weighted by molar-refractivity contribution is 0.0102. The number of ether oxygens (including phenoxy) is 1. The third-order valence-corrected chi connectivity index (χ3v) is 6.71. The van der Waals surface area contributed by atoms with Crippen molar-refractivity contribution >= 4 is 43.2 Å². The molecule has 1 aliphatic rings. The van der Waals surface area contributed by atoms with Gasteiger partial charge in [0.2, 0.25) is 0 Å². The minimum Gasteiger partial charge on any atom is -0.378 e. The van der Waals surface area contributed by atoms with Crippen molar-refractivity contribution in [2.45, 2.75) is 50.0 Å². The van der Waals surface area contributed by atoms with Crippen LogP contribution in [-0.4, -0.2) is 12.7 Å². The molecule has 1 aromatic heterocycles. The van der Waals surface area contributed by atoms with Gasteiger partial charge >= 0.3 is 0 Å². The predicted octanol–water partition coefficient (Wildman–Crippen LogP) is 5.60. The number of thiophene rings is 1. The maximum Gasteiger partial charge on any atom is 0.0730 e. The zero-order chi connectivity index (χ0) is 12.3. The van der Waals surface area contributed by atoms with Crippen LogP contribution in [0.2, 0.25) is 0 Å². The van der Waals surface area contributed by atoms with E-state index in [1.165, 1.54) is 39.9 Å². The lowest BCUT2D eigenvalue weighted by Crippen LogP contribution is -2.19. The minimum atomic E-state index is 0.475. The maximum absolute atomic E-state index is 5.77. The molecule has 2 heterocycles. The predicted molar refractivity (Wildman–Crippen MR) is 81.2 cm³/mol. The highest BCUT2D eigenvalue weighted by atomic mass is 79.9. The van der Waals surface area contributed by atoms with Gasteiger partial charge in [-0.25, -0.2) is 0 Å². The smallest absolute Gasteiger partial charge is 0.0730 e. The monoisotopic (exact) mass is 380 g/mol. The summed E-state index contributed by atoms with van der Waals surface area (Å²) >= 11 is 9.22. The Balaban J connectivity index is 1.82. The number of aryl methyl sites for hydroxylation is 1. The average Bonchev–Trinajstić information content (AvgIpc) is 2.68. The van der Waals surface area contributed by atoms with Crippen LogP contribution in [0.1, 0.15) is 47.4 Å². The molecule has 0 aliphatic carbocycles. The number of hydrogen-bond donors (Lipinski definition) is 0. The average molecular weight is 382 g/mol. The molecule has 4 heteroatoms. The Morgan fingerprint density at radius 2 is 2.35 bits per heavy atom. The van der Waals surface area contributed by atoms with Crippen molar-refractivity contribution in [3.8, 4) is 0 Å². The van der Waals surface area contributed by atoms with Crippen molar-refractivity contribution in [1.82, 2.24) is 0 Å². The van der Waals surface area contributed by atoms with Gasteiger partial charge in [-0.1, -0.05) is 15.9 Å². The second kappa shape index (κ2) is 6.69. The topological polar surface area (TPSA) is 9.23 Å². The van der Waals surface area contributed by atoms with E-state index < -0.39 is 0 Å². The SMILES string of the molecule is Cc1cc(C(Br)CCC2CCCCO2)sc1Br.